The van der Waals surface area contributed by atoms with Crippen molar-refractivity contribution in [3.63, 3.8) is 0 Å². The van der Waals surface area contributed by atoms with Gasteiger partial charge in [0.05, 0.1) is 0 Å². The molecule has 90 valence electrons. The van der Waals surface area contributed by atoms with Crippen LogP contribution in [0.3, 0.4) is 0 Å². The van der Waals surface area contributed by atoms with Gasteiger partial charge in [-0.05, 0) is 13.0 Å². The summed E-state index contributed by atoms with van der Waals surface area (Å²) in [4.78, 5) is 18.9. The van der Waals surface area contributed by atoms with E-state index in [0.717, 1.165) is 12.4 Å². The zero-order chi connectivity index (χ0) is 12.6. The highest BCUT2D eigenvalue weighted by Gasteiger charge is 2.05. The van der Waals surface area contributed by atoms with Crippen molar-refractivity contribution in [3.8, 4) is 0 Å². The largest absolute Gasteiger partial charge is 0.358 e. The number of likely N-dealkylation sites (N-methyl/N-ethyl adjacent to an activating group) is 2. The molecular formula is C12H21N3O. The van der Waals surface area contributed by atoms with Crippen LogP contribution in [-0.4, -0.2) is 48.7 Å². The first-order valence-corrected chi connectivity index (χ1v) is 5.27. The molecule has 0 aromatic heterocycles. The molecular weight excluding hydrogens is 202 g/mol. The number of hydrogen-bond acceptors (Lipinski definition) is 2. The van der Waals surface area contributed by atoms with Crippen LogP contribution in [0.2, 0.25) is 0 Å². The van der Waals surface area contributed by atoms with Crippen LogP contribution in [0.15, 0.2) is 29.9 Å². The van der Waals surface area contributed by atoms with Crippen molar-refractivity contribution in [3.05, 3.63) is 24.9 Å². The quantitative estimate of drug-likeness (QED) is 0.523. The number of aliphatic imine (C=N–C) groups is 1. The van der Waals surface area contributed by atoms with Gasteiger partial charge in [0.1, 0.15) is 5.84 Å². The lowest BCUT2D eigenvalue weighted by Crippen LogP contribution is -2.35. The van der Waals surface area contributed by atoms with Crippen LogP contribution < -0.4 is 0 Å². The highest BCUT2D eigenvalue weighted by molar-refractivity contribution is 5.92. The number of rotatable bonds is 5. The first-order valence-electron chi connectivity index (χ1n) is 5.27. The Morgan fingerprint density at radius 3 is 2.31 bits per heavy atom. The molecule has 0 aliphatic heterocycles. The van der Waals surface area contributed by atoms with Crippen LogP contribution in [0.25, 0.3) is 0 Å². The van der Waals surface area contributed by atoms with E-state index in [0.29, 0.717) is 6.54 Å². The number of hydrogen-bond donors (Lipinski definition) is 0. The summed E-state index contributed by atoms with van der Waals surface area (Å²) in [7, 11) is 3.71. The van der Waals surface area contributed by atoms with E-state index in [-0.39, 0.29) is 5.91 Å². The highest BCUT2D eigenvalue weighted by atomic mass is 16.2. The minimum atomic E-state index is 0.0685. The van der Waals surface area contributed by atoms with Crippen LogP contribution in [0, 0.1) is 0 Å². The van der Waals surface area contributed by atoms with Crippen molar-refractivity contribution in [2.75, 3.05) is 27.2 Å². The molecule has 0 saturated heterocycles. The zero-order valence-electron chi connectivity index (χ0n) is 10.6. The predicted octanol–water partition coefficient (Wildman–Crippen LogP) is 1.51. The minimum absolute atomic E-state index is 0.0685. The molecule has 0 heterocycles. The summed E-state index contributed by atoms with van der Waals surface area (Å²) >= 11 is 0. The van der Waals surface area contributed by atoms with Crippen molar-refractivity contribution in [2.24, 2.45) is 4.99 Å². The number of carbonyl (C=O) groups is 1. The lowest BCUT2D eigenvalue weighted by Gasteiger charge is -2.22. The summed E-state index contributed by atoms with van der Waals surface area (Å²) in [6.45, 7) is 8.59. The summed E-state index contributed by atoms with van der Waals surface area (Å²) < 4.78 is 0. The summed E-state index contributed by atoms with van der Waals surface area (Å²) in [6, 6.07) is 0. The van der Waals surface area contributed by atoms with Crippen molar-refractivity contribution in [1.82, 2.24) is 9.80 Å². The maximum atomic E-state index is 11.0. The molecule has 0 spiro atoms. The number of amidine groups is 1. The molecule has 0 unspecified atom stereocenters. The van der Waals surface area contributed by atoms with E-state index in [2.05, 4.69) is 11.6 Å². The molecule has 0 fully saturated rings. The summed E-state index contributed by atoms with van der Waals surface area (Å²) in [5.74, 6) is 0.869. The normalized spacial score (nSPS) is 11.6. The molecule has 0 aromatic carbocycles. The van der Waals surface area contributed by atoms with Gasteiger partial charge in [0, 0.05) is 40.3 Å². The Kier molecular flexibility index (Phi) is 6.92. The second-order valence-electron chi connectivity index (χ2n) is 3.54. The topological polar surface area (TPSA) is 35.9 Å². The van der Waals surface area contributed by atoms with Gasteiger partial charge in [-0.3, -0.25) is 4.79 Å². The van der Waals surface area contributed by atoms with Gasteiger partial charge in [0.15, 0.2) is 0 Å². The Morgan fingerprint density at radius 2 is 1.88 bits per heavy atom. The van der Waals surface area contributed by atoms with Gasteiger partial charge < -0.3 is 9.80 Å². The average molecular weight is 223 g/mol. The van der Waals surface area contributed by atoms with E-state index >= 15 is 0 Å². The van der Waals surface area contributed by atoms with E-state index in [1.54, 1.807) is 31.1 Å². The van der Waals surface area contributed by atoms with Gasteiger partial charge in [-0.25, -0.2) is 4.99 Å². The van der Waals surface area contributed by atoms with Crippen molar-refractivity contribution < 1.29 is 4.79 Å². The van der Waals surface area contributed by atoms with Gasteiger partial charge in [-0.2, -0.15) is 0 Å². The molecule has 0 atom stereocenters. The Bertz CT molecular complexity index is 295. The fraction of sp³-hybridized carbons (Fsp3) is 0.500. The van der Waals surface area contributed by atoms with Crippen molar-refractivity contribution in [2.45, 2.75) is 13.8 Å². The lowest BCUT2D eigenvalue weighted by molar-refractivity contribution is -0.127. The third kappa shape index (κ3) is 5.34. The number of allylic oxidation sites excluding steroid dienone is 1. The fourth-order valence-corrected chi connectivity index (χ4v) is 1.03. The Hall–Kier alpha value is -1.58. The molecule has 0 saturated carbocycles. The Balaban J connectivity index is 4.27. The van der Waals surface area contributed by atoms with Gasteiger partial charge in [0.25, 0.3) is 0 Å². The molecule has 0 bridgehead atoms. The molecule has 0 rings (SSSR count). The summed E-state index contributed by atoms with van der Waals surface area (Å²) in [5, 5.41) is 0. The van der Waals surface area contributed by atoms with Gasteiger partial charge in [-0.15, -0.1) is 0 Å². The van der Waals surface area contributed by atoms with Crippen molar-refractivity contribution in [1.29, 1.82) is 0 Å². The maximum Gasteiger partial charge on any atom is 0.219 e. The molecule has 0 aliphatic rings. The first kappa shape index (κ1) is 14.4. The van der Waals surface area contributed by atoms with Gasteiger partial charge in [0.2, 0.25) is 5.91 Å². The monoisotopic (exact) mass is 223 g/mol. The predicted molar refractivity (Wildman–Crippen MR) is 68.4 cm³/mol. The van der Waals surface area contributed by atoms with Gasteiger partial charge >= 0.3 is 0 Å². The molecule has 16 heavy (non-hydrogen) atoms. The summed E-state index contributed by atoms with van der Waals surface area (Å²) in [6.07, 6.45) is 5.29. The molecule has 0 radical (unpaired) electrons. The fourth-order valence-electron chi connectivity index (χ4n) is 1.03. The van der Waals surface area contributed by atoms with E-state index in [4.69, 9.17) is 0 Å². The van der Waals surface area contributed by atoms with Crippen LogP contribution in [0.5, 0.6) is 0 Å². The number of carbonyl (C=O) groups excluding carboxylic acids is 1. The maximum absolute atomic E-state index is 11.0. The van der Waals surface area contributed by atoms with Crippen LogP contribution in [0.1, 0.15) is 13.8 Å². The molecule has 0 aromatic rings. The lowest BCUT2D eigenvalue weighted by atomic mass is 10.4. The smallest absolute Gasteiger partial charge is 0.219 e. The van der Waals surface area contributed by atoms with Crippen LogP contribution >= 0.6 is 0 Å². The molecule has 4 heteroatoms. The third-order valence-electron chi connectivity index (χ3n) is 2.24. The van der Waals surface area contributed by atoms with Crippen molar-refractivity contribution >= 4 is 11.7 Å². The second-order valence-corrected chi connectivity index (χ2v) is 3.54. The summed E-state index contributed by atoms with van der Waals surface area (Å²) in [5.41, 5.74) is 0. The van der Waals surface area contributed by atoms with E-state index < -0.39 is 0 Å². The zero-order valence-corrected chi connectivity index (χ0v) is 10.6. The molecule has 1 amide bonds. The van der Waals surface area contributed by atoms with E-state index in [1.807, 2.05) is 24.9 Å². The van der Waals surface area contributed by atoms with Gasteiger partial charge in [-0.1, -0.05) is 12.7 Å². The Labute approximate surface area is 98.0 Å². The third-order valence-corrected chi connectivity index (χ3v) is 2.24. The van der Waals surface area contributed by atoms with Crippen LogP contribution in [0.4, 0.5) is 0 Å². The Morgan fingerprint density at radius 1 is 1.31 bits per heavy atom. The standard InChI is InChI=1S/C12H21N3O/c1-6-8-13-12(7-2)15(5)10-9-14(4)11(3)16/h6-8H,2,9-10H2,1,3-5H3/b8-6-,13-12?. The average Bonchev–Trinajstić information content (AvgIpc) is 2.26. The molecule has 0 aliphatic carbocycles. The minimum Gasteiger partial charge on any atom is -0.358 e. The van der Waals surface area contributed by atoms with E-state index in [9.17, 15) is 4.79 Å². The molecule has 0 N–H and O–H groups in total. The second kappa shape index (κ2) is 7.68. The van der Waals surface area contributed by atoms with E-state index in [1.165, 1.54) is 0 Å². The number of amides is 1. The number of nitrogens with zero attached hydrogens (tertiary/aromatic N) is 3. The van der Waals surface area contributed by atoms with Crippen LogP contribution in [-0.2, 0) is 4.79 Å². The first-order chi connectivity index (χ1) is 7.52. The SMILES string of the molecule is C=CC(=N/C=C\C)N(C)CCN(C)C(C)=O. The molecule has 4 nitrogen and oxygen atoms in total. The highest BCUT2D eigenvalue weighted by Crippen LogP contribution is 1.93.